The molecule has 32 heavy (non-hydrogen) atoms. The number of ether oxygens (including phenoxy) is 3. The van der Waals surface area contributed by atoms with E-state index in [-0.39, 0.29) is 18.7 Å². The van der Waals surface area contributed by atoms with Gasteiger partial charge in [0.2, 0.25) is 12.5 Å². The molecule has 0 aliphatic carbocycles. The molecule has 0 radical (unpaired) electrons. The number of carbonyl (C=O) groups excluding carboxylic acids is 1. The van der Waals surface area contributed by atoms with Gasteiger partial charge in [-0.25, -0.2) is 0 Å². The molecule has 2 N–H and O–H groups in total. The lowest BCUT2D eigenvalue weighted by atomic mass is 9.90. The van der Waals surface area contributed by atoms with Crippen LogP contribution in [0.3, 0.4) is 0 Å². The Kier molecular flexibility index (Phi) is 5.45. The highest BCUT2D eigenvalue weighted by Gasteiger charge is 2.41. The van der Waals surface area contributed by atoms with Crippen LogP contribution in [0.2, 0.25) is 0 Å². The van der Waals surface area contributed by atoms with Gasteiger partial charge in [0.25, 0.3) is 5.91 Å². The Balaban J connectivity index is 1.54. The molecule has 0 saturated heterocycles. The maximum absolute atomic E-state index is 13.8. The van der Waals surface area contributed by atoms with E-state index in [0.29, 0.717) is 17.2 Å². The van der Waals surface area contributed by atoms with Crippen molar-refractivity contribution in [2.45, 2.75) is 18.5 Å². The van der Waals surface area contributed by atoms with Crippen LogP contribution in [0.5, 0.6) is 17.2 Å². The third kappa shape index (κ3) is 3.56. The molecule has 2 aliphatic heterocycles. The molecule has 0 fully saturated rings. The van der Waals surface area contributed by atoms with Crippen LogP contribution in [0.25, 0.3) is 0 Å². The van der Waals surface area contributed by atoms with E-state index in [0.717, 1.165) is 40.1 Å². The van der Waals surface area contributed by atoms with Crippen molar-refractivity contribution in [3.05, 3.63) is 89.0 Å². The fraction of sp³-hybridized carbons (Fsp3) is 0.269. The van der Waals surface area contributed by atoms with Gasteiger partial charge in [0.15, 0.2) is 17.5 Å². The standard InChI is InChI=1S/C26H26N2O4/c1-28-14-13-19-15-20-24(32-16-31-20)25(30-2)21(19)23(28)26(29)27-22(17-9-5-3-6-10-17)18-11-7-4-8-12-18/h3-12,15,22-23H,13-14,16H2,1-2H3,(H,27,29)/p+1/t23-/m0/s1. The molecule has 1 unspecified atom stereocenters. The Morgan fingerprint density at radius 2 is 1.72 bits per heavy atom. The van der Waals surface area contributed by atoms with E-state index in [1.165, 1.54) is 0 Å². The Bertz CT molecular complexity index is 1080. The van der Waals surface area contributed by atoms with Gasteiger partial charge in [0.05, 0.1) is 32.3 Å². The predicted octanol–water partition coefficient (Wildman–Crippen LogP) is 2.44. The average Bonchev–Trinajstić information content (AvgIpc) is 3.30. The summed E-state index contributed by atoms with van der Waals surface area (Å²) in [5.41, 5.74) is 4.04. The second kappa shape index (κ2) is 8.55. The molecule has 2 heterocycles. The largest absolute Gasteiger partial charge is 0.492 e. The summed E-state index contributed by atoms with van der Waals surface area (Å²) >= 11 is 0. The van der Waals surface area contributed by atoms with Crippen LogP contribution in [0.15, 0.2) is 66.7 Å². The van der Waals surface area contributed by atoms with Crippen LogP contribution in [-0.2, 0) is 11.2 Å². The van der Waals surface area contributed by atoms with Gasteiger partial charge in [-0.15, -0.1) is 0 Å². The minimum absolute atomic E-state index is 0.0432. The maximum Gasteiger partial charge on any atom is 0.284 e. The Morgan fingerprint density at radius 3 is 2.34 bits per heavy atom. The Hall–Kier alpha value is -3.51. The number of fused-ring (bicyclic) bond motifs is 2. The second-order valence-electron chi connectivity index (χ2n) is 8.26. The molecule has 0 aromatic heterocycles. The topological polar surface area (TPSA) is 61.2 Å². The lowest BCUT2D eigenvalue weighted by Crippen LogP contribution is -3.11. The first kappa shape index (κ1) is 20.4. The SMILES string of the molecule is COc1c2c(cc3c1[C@@H](C(=O)NC(c1ccccc1)c1ccccc1)[NH+](C)CC3)OCO2. The number of hydrogen-bond donors (Lipinski definition) is 2. The zero-order chi connectivity index (χ0) is 22.1. The van der Waals surface area contributed by atoms with Crippen LogP contribution in [0.1, 0.15) is 34.3 Å². The normalized spacial score (nSPS) is 18.8. The average molecular weight is 432 g/mol. The van der Waals surface area contributed by atoms with Gasteiger partial charge in [-0.2, -0.15) is 0 Å². The van der Waals surface area contributed by atoms with Gasteiger partial charge < -0.3 is 24.4 Å². The number of methoxy groups -OCH3 is 1. The van der Waals surface area contributed by atoms with E-state index in [2.05, 4.69) is 12.4 Å². The third-order valence-electron chi connectivity index (χ3n) is 6.33. The van der Waals surface area contributed by atoms with Crippen LogP contribution in [0, 0.1) is 0 Å². The summed E-state index contributed by atoms with van der Waals surface area (Å²) in [5.74, 6) is 1.83. The summed E-state index contributed by atoms with van der Waals surface area (Å²) in [7, 11) is 3.67. The Labute approximate surface area is 187 Å². The fourth-order valence-corrected chi connectivity index (χ4v) is 4.76. The molecule has 3 aromatic rings. The lowest BCUT2D eigenvalue weighted by Gasteiger charge is -2.33. The number of carbonyl (C=O) groups is 1. The van der Waals surface area contributed by atoms with Crippen molar-refractivity contribution in [2.75, 3.05) is 27.5 Å². The monoisotopic (exact) mass is 431 g/mol. The van der Waals surface area contributed by atoms with Gasteiger partial charge in [-0.1, -0.05) is 60.7 Å². The predicted molar refractivity (Wildman–Crippen MR) is 120 cm³/mol. The first-order valence-corrected chi connectivity index (χ1v) is 10.9. The van der Waals surface area contributed by atoms with E-state index in [1.807, 2.05) is 66.7 Å². The minimum Gasteiger partial charge on any atom is -0.492 e. The lowest BCUT2D eigenvalue weighted by molar-refractivity contribution is -0.904. The Morgan fingerprint density at radius 1 is 1.06 bits per heavy atom. The molecule has 0 spiro atoms. The van der Waals surface area contributed by atoms with Crippen molar-refractivity contribution in [3.63, 3.8) is 0 Å². The zero-order valence-electron chi connectivity index (χ0n) is 18.3. The summed E-state index contributed by atoms with van der Waals surface area (Å²) in [6, 6.07) is 21.5. The molecule has 2 aliphatic rings. The number of amides is 1. The van der Waals surface area contributed by atoms with Crippen molar-refractivity contribution in [1.82, 2.24) is 5.32 Å². The first-order valence-electron chi connectivity index (χ1n) is 10.9. The molecule has 3 aromatic carbocycles. The van der Waals surface area contributed by atoms with E-state index >= 15 is 0 Å². The zero-order valence-corrected chi connectivity index (χ0v) is 18.3. The molecule has 5 rings (SSSR count). The maximum atomic E-state index is 13.8. The molecule has 0 saturated carbocycles. The molecule has 1 amide bonds. The number of hydrogen-bond acceptors (Lipinski definition) is 4. The summed E-state index contributed by atoms with van der Waals surface area (Å²) in [4.78, 5) is 15.0. The van der Waals surface area contributed by atoms with Gasteiger partial charge in [-0.05, 0) is 22.8 Å². The highest BCUT2D eigenvalue weighted by Crippen LogP contribution is 2.47. The summed E-state index contributed by atoms with van der Waals surface area (Å²) in [6.45, 7) is 1.01. The quantitative estimate of drug-likeness (QED) is 0.652. The molecule has 6 heteroatoms. The van der Waals surface area contributed by atoms with Crippen molar-refractivity contribution >= 4 is 5.91 Å². The fourth-order valence-electron chi connectivity index (χ4n) is 4.76. The van der Waals surface area contributed by atoms with Gasteiger partial charge in [0.1, 0.15) is 0 Å². The number of rotatable bonds is 5. The highest BCUT2D eigenvalue weighted by atomic mass is 16.7. The molecule has 2 atom stereocenters. The van der Waals surface area contributed by atoms with Crippen molar-refractivity contribution in [2.24, 2.45) is 0 Å². The summed E-state index contributed by atoms with van der Waals surface area (Å²) in [6.07, 6.45) is 0.846. The number of quaternary nitrogens is 1. The smallest absolute Gasteiger partial charge is 0.284 e. The van der Waals surface area contributed by atoms with E-state index < -0.39 is 6.04 Å². The van der Waals surface area contributed by atoms with Gasteiger partial charge >= 0.3 is 0 Å². The first-order chi connectivity index (χ1) is 15.7. The highest BCUT2D eigenvalue weighted by molar-refractivity contribution is 5.85. The number of likely N-dealkylation sites (N-methyl/N-ethyl adjacent to an activating group) is 1. The molecule has 164 valence electrons. The van der Waals surface area contributed by atoms with Crippen LogP contribution in [0.4, 0.5) is 0 Å². The number of benzene rings is 3. The summed E-state index contributed by atoms with van der Waals surface area (Å²) < 4.78 is 17.0. The second-order valence-corrected chi connectivity index (χ2v) is 8.26. The van der Waals surface area contributed by atoms with E-state index in [1.54, 1.807) is 7.11 Å². The molecular weight excluding hydrogens is 404 g/mol. The van der Waals surface area contributed by atoms with Crippen molar-refractivity contribution in [3.8, 4) is 17.2 Å². The minimum atomic E-state index is -0.418. The number of nitrogens with one attached hydrogen (secondary N) is 2. The van der Waals surface area contributed by atoms with Crippen molar-refractivity contribution < 1.29 is 23.9 Å². The van der Waals surface area contributed by atoms with E-state index in [9.17, 15) is 4.79 Å². The molecular formula is C26H27N2O4+. The summed E-state index contributed by atoms with van der Waals surface area (Å²) in [5, 5.41) is 3.32. The van der Waals surface area contributed by atoms with Crippen LogP contribution < -0.4 is 24.4 Å². The van der Waals surface area contributed by atoms with Crippen molar-refractivity contribution in [1.29, 1.82) is 0 Å². The van der Waals surface area contributed by atoms with Crippen LogP contribution in [-0.4, -0.2) is 33.4 Å². The van der Waals surface area contributed by atoms with Gasteiger partial charge in [0, 0.05) is 6.42 Å². The van der Waals surface area contributed by atoms with Crippen LogP contribution >= 0.6 is 0 Å². The third-order valence-corrected chi connectivity index (χ3v) is 6.33. The van der Waals surface area contributed by atoms with E-state index in [4.69, 9.17) is 14.2 Å². The van der Waals surface area contributed by atoms with Gasteiger partial charge in [-0.3, -0.25) is 4.79 Å². The molecule has 0 bridgehead atoms. The molecule has 6 nitrogen and oxygen atoms in total.